The van der Waals surface area contributed by atoms with E-state index in [1.54, 1.807) is 13.8 Å². The number of pyridine rings is 1. The van der Waals surface area contributed by atoms with Crippen LogP contribution in [0.2, 0.25) is 0 Å². The van der Waals surface area contributed by atoms with Crippen molar-refractivity contribution in [3.63, 3.8) is 0 Å². The Kier molecular flexibility index (Phi) is 5.25. The zero-order chi connectivity index (χ0) is 20.3. The number of aromatic nitrogens is 4. The Balaban J connectivity index is 1.84. The number of halogens is 2. The minimum atomic E-state index is -0.878. The fourth-order valence-corrected chi connectivity index (χ4v) is 2.64. The molecule has 0 atom stereocenters. The van der Waals surface area contributed by atoms with E-state index >= 15 is 0 Å². The van der Waals surface area contributed by atoms with Crippen molar-refractivity contribution in [1.29, 1.82) is 0 Å². The first kappa shape index (κ1) is 19.3. The van der Waals surface area contributed by atoms with E-state index in [2.05, 4.69) is 30.8 Å². The monoisotopic (exact) mass is 384 g/mol. The summed E-state index contributed by atoms with van der Waals surface area (Å²) in [6, 6.07) is 6.87. The lowest BCUT2D eigenvalue weighted by atomic mass is 9.99. The van der Waals surface area contributed by atoms with Crippen LogP contribution in [0.3, 0.4) is 0 Å². The Hall–Kier alpha value is -3.49. The SMILES string of the molecule is CNC(=O)c1cc(-c2cnc(NC(C)(C)c3ncccc3F)nn2)ccc1F. The second kappa shape index (κ2) is 7.63. The minimum Gasteiger partial charge on any atom is -0.355 e. The van der Waals surface area contributed by atoms with Gasteiger partial charge in [-0.1, -0.05) is 0 Å². The van der Waals surface area contributed by atoms with Crippen LogP contribution < -0.4 is 10.6 Å². The molecule has 9 heteroatoms. The van der Waals surface area contributed by atoms with Gasteiger partial charge in [0.05, 0.1) is 17.3 Å². The van der Waals surface area contributed by atoms with E-state index in [0.29, 0.717) is 11.3 Å². The second-order valence-electron chi connectivity index (χ2n) is 6.52. The third-order valence-corrected chi connectivity index (χ3v) is 4.07. The molecule has 1 aromatic carbocycles. The molecule has 0 radical (unpaired) electrons. The van der Waals surface area contributed by atoms with Crippen LogP contribution in [0.5, 0.6) is 0 Å². The van der Waals surface area contributed by atoms with Gasteiger partial charge in [0.2, 0.25) is 5.95 Å². The highest BCUT2D eigenvalue weighted by atomic mass is 19.1. The highest BCUT2D eigenvalue weighted by Crippen LogP contribution is 2.25. The average molecular weight is 384 g/mol. The van der Waals surface area contributed by atoms with Crippen molar-refractivity contribution in [2.24, 2.45) is 0 Å². The topological polar surface area (TPSA) is 92.7 Å². The van der Waals surface area contributed by atoms with E-state index in [1.807, 2.05) is 0 Å². The Morgan fingerprint density at radius 2 is 1.86 bits per heavy atom. The summed E-state index contributed by atoms with van der Waals surface area (Å²) < 4.78 is 27.8. The number of carbonyl (C=O) groups excluding carboxylic acids is 1. The molecule has 0 spiro atoms. The van der Waals surface area contributed by atoms with E-state index in [0.717, 1.165) is 0 Å². The van der Waals surface area contributed by atoms with Gasteiger partial charge in [-0.05, 0) is 44.2 Å². The predicted octanol–water partition coefficient (Wildman–Crippen LogP) is 2.92. The van der Waals surface area contributed by atoms with Crippen molar-refractivity contribution in [3.8, 4) is 11.3 Å². The van der Waals surface area contributed by atoms with Crippen molar-refractivity contribution < 1.29 is 13.6 Å². The molecule has 2 aromatic heterocycles. The molecule has 144 valence electrons. The Labute approximate surface area is 160 Å². The van der Waals surface area contributed by atoms with Crippen molar-refractivity contribution in [2.75, 3.05) is 12.4 Å². The summed E-state index contributed by atoms with van der Waals surface area (Å²) >= 11 is 0. The van der Waals surface area contributed by atoms with Gasteiger partial charge in [0.15, 0.2) is 0 Å². The summed E-state index contributed by atoms with van der Waals surface area (Å²) in [6.07, 6.45) is 2.93. The fourth-order valence-electron chi connectivity index (χ4n) is 2.64. The van der Waals surface area contributed by atoms with Gasteiger partial charge in [0.1, 0.15) is 23.0 Å². The summed E-state index contributed by atoms with van der Waals surface area (Å²) in [5, 5.41) is 13.4. The number of amides is 1. The van der Waals surface area contributed by atoms with Crippen LogP contribution in [0.4, 0.5) is 14.7 Å². The second-order valence-corrected chi connectivity index (χ2v) is 6.52. The van der Waals surface area contributed by atoms with Crippen LogP contribution in [0.25, 0.3) is 11.3 Å². The first-order valence-corrected chi connectivity index (χ1v) is 8.42. The average Bonchev–Trinajstić information content (AvgIpc) is 2.68. The lowest BCUT2D eigenvalue weighted by Gasteiger charge is -2.25. The number of nitrogens with one attached hydrogen (secondary N) is 2. The number of nitrogens with zero attached hydrogens (tertiary/aromatic N) is 4. The molecule has 0 aliphatic carbocycles. The molecule has 0 aliphatic heterocycles. The maximum atomic E-state index is 14.0. The maximum absolute atomic E-state index is 14.0. The standard InChI is InChI=1S/C19H18F2N6O/c1-19(2,16-14(21)5-4-8-23-16)25-18-24-10-15(26-27-18)11-6-7-13(20)12(9-11)17(28)22-3/h4-10H,1-3H3,(H,22,28)(H,24,25,27). The van der Waals surface area contributed by atoms with Gasteiger partial charge in [-0.2, -0.15) is 0 Å². The van der Waals surface area contributed by atoms with Crippen LogP contribution in [-0.2, 0) is 5.54 Å². The normalized spacial score (nSPS) is 11.2. The summed E-state index contributed by atoms with van der Waals surface area (Å²) in [7, 11) is 1.42. The summed E-state index contributed by atoms with van der Waals surface area (Å²) in [5.41, 5.74) is 0.0860. The van der Waals surface area contributed by atoms with Gasteiger partial charge in [-0.25, -0.2) is 13.8 Å². The molecule has 0 saturated carbocycles. The maximum Gasteiger partial charge on any atom is 0.254 e. The molecular formula is C19H18F2N6O. The molecule has 3 rings (SSSR count). The van der Waals surface area contributed by atoms with Crippen LogP contribution in [-0.4, -0.2) is 33.1 Å². The molecule has 0 unspecified atom stereocenters. The Morgan fingerprint density at radius 1 is 1.07 bits per heavy atom. The Bertz CT molecular complexity index is 1010. The van der Waals surface area contributed by atoms with E-state index in [1.165, 1.54) is 49.8 Å². The molecule has 2 N–H and O–H groups in total. The molecule has 0 fully saturated rings. The van der Waals surface area contributed by atoms with Crippen LogP contribution in [0, 0.1) is 11.6 Å². The minimum absolute atomic E-state index is 0.101. The third-order valence-electron chi connectivity index (χ3n) is 4.07. The number of rotatable bonds is 5. The van der Waals surface area contributed by atoms with Gasteiger partial charge in [-0.15, -0.1) is 10.2 Å². The van der Waals surface area contributed by atoms with E-state index in [4.69, 9.17) is 0 Å². The lowest BCUT2D eigenvalue weighted by molar-refractivity contribution is 0.0959. The van der Waals surface area contributed by atoms with E-state index in [9.17, 15) is 13.6 Å². The number of hydrogen-bond donors (Lipinski definition) is 2. The zero-order valence-electron chi connectivity index (χ0n) is 15.5. The lowest BCUT2D eigenvalue weighted by Crippen LogP contribution is -2.31. The highest BCUT2D eigenvalue weighted by Gasteiger charge is 2.26. The van der Waals surface area contributed by atoms with Gasteiger partial charge in [-0.3, -0.25) is 9.78 Å². The largest absolute Gasteiger partial charge is 0.355 e. The van der Waals surface area contributed by atoms with Crippen molar-refractivity contribution in [2.45, 2.75) is 19.4 Å². The van der Waals surface area contributed by atoms with E-state index < -0.39 is 23.1 Å². The Morgan fingerprint density at radius 3 is 2.50 bits per heavy atom. The molecule has 1 amide bonds. The summed E-state index contributed by atoms with van der Waals surface area (Å²) in [6.45, 7) is 3.48. The van der Waals surface area contributed by atoms with Crippen LogP contribution in [0.1, 0.15) is 29.9 Å². The van der Waals surface area contributed by atoms with Crippen LogP contribution in [0.15, 0.2) is 42.7 Å². The molecule has 28 heavy (non-hydrogen) atoms. The number of carbonyl (C=O) groups is 1. The number of benzene rings is 1. The smallest absolute Gasteiger partial charge is 0.254 e. The van der Waals surface area contributed by atoms with Crippen LogP contribution >= 0.6 is 0 Å². The molecule has 3 aromatic rings. The predicted molar refractivity (Wildman–Crippen MR) is 99.5 cm³/mol. The van der Waals surface area contributed by atoms with Gasteiger partial charge in [0.25, 0.3) is 5.91 Å². The first-order chi connectivity index (χ1) is 13.3. The molecule has 2 heterocycles. The highest BCUT2D eigenvalue weighted by molar-refractivity contribution is 5.95. The molecule has 0 aliphatic rings. The fraction of sp³-hybridized carbons (Fsp3) is 0.211. The first-order valence-electron chi connectivity index (χ1n) is 8.42. The van der Waals surface area contributed by atoms with Crippen molar-refractivity contribution in [3.05, 3.63) is 65.6 Å². The summed E-state index contributed by atoms with van der Waals surface area (Å²) in [4.78, 5) is 20.0. The molecule has 7 nitrogen and oxygen atoms in total. The van der Waals surface area contributed by atoms with E-state index in [-0.39, 0.29) is 17.2 Å². The van der Waals surface area contributed by atoms with Gasteiger partial charge >= 0.3 is 0 Å². The number of anilines is 1. The van der Waals surface area contributed by atoms with Gasteiger partial charge in [0, 0.05) is 18.8 Å². The molecule has 0 saturated heterocycles. The zero-order valence-corrected chi connectivity index (χ0v) is 15.5. The third kappa shape index (κ3) is 3.93. The summed E-state index contributed by atoms with van der Waals surface area (Å²) in [5.74, 6) is -1.45. The van der Waals surface area contributed by atoms with Crippen molar-refractivity contribution in [1.82, 2.24) is 25.5 Å². The molecular weight excluding hydrogens is 366 g/mol. The van der Waals surface area contributed by atoms with Crippen molar-refractivity contribution >= 4 is 11.9 Å². The quantitative estimate of drug-likeness (QED) is 0.703. The number of hydrogen-bond acceptors (Lipinski definition) is 6. The molecule has 0 bridgehead atoms. The van der Waals surface area contributed by atoms with Gasteiger partial charge < -0.3 is 10.6 Å².